The van der Waals surface area contributed by atoms with Gasteiger partial charge in [-0.3, -0.25) is 9.59 Å². The van der Waals surface area contributed by atoms with Gasteiger partial charge in [0.25, 0.3) is 5.91 Å². The van der Waals surface area contributed by atoms with Crippen molar-refractivity contribution in [2.24, 2.45) is 0 Å². The highest BCUT2D eigenvalue weighted by molar-refractivity contribution is 6.34. The second-order valence-electron chi connectivity index (χ2n) is 6.53. The van der Waals surface area contributed by atoms with Gasteiger partial charge in [-0.1, -0.05) is 66.2 Å². The zero-order valence-corrected chi connectivity index (χ0v) is 17.0. The summed E-state index contributed by atoms with van der Waals surface area (Å²) in [4.78, 5) is 37.3. The highest BCUT2D eigenvalue weighted by Gasteiger charge is 2.35. The Balaban J connectivity index is 1.73. The van der Waals surface area contributed by atoms with Gasteiger partial charge in [-0.05, 0) is 18.2 Å². The molecule has 0 bridgehead atoms. The van der Waals surface area contributed by atoms with E-state index in [9.17, 15) is 27.6 Å². The van der Waals surface area contributed by atoms with E-state index in [-0.39, 0.29) is 16.1 Å². The molecule has 0 aliphatic heterocycles. The highest BCUT2D eigenvalue weighted by atomic mass is 35.5. The summed E-state index contributed by atoms with van der Waals surface area (Å²) in [6.07, 6.45) is -4.75. The van der Waals surface area contributed by atoms with E-state index in [1.54, 1.807) is 36.4 Å². The van der Waals surface area contributed by atoms with Gasteiger partial charge in [0.1, 0.15) is 0 Å². The Morgan fingerprint density at radius 1 is 0.844 bits per heavy atom. The van der Waals surface area contributed by atoms with E-state index in [1.165, 1.54) is 24.3 Å². The van der Waals surface area contributed by atoms with Crippen molar-refractivity contribution in [3.8, 4) is 0 Å². The molecule has 1 N–H and O–H groups in total. The third-order valence-corrected chi connectivity index (χ3v) is 4.66. The number of esters is 1. The van der Waals surface area contributed by atoms with Crippen LogP contribution >= 0.6 is 11.6 Å². The van der Waals surface area contributed by atoms with Gasteiger partial charge in [-0.15, -0.1) is 0 Å². The Hall–Kier alpha value is -3.65. The van der Waals surface area contributed by atoms with E-state index >= 15 is 0 Å². The standard InChI is InChI=1S/C23H15ClF3NO4/c24-18-12-6-11-17(23(25,26)27)20(18)28-19(29)13-32-22(31)16-10-5-4-9-15(16)21(30)14-7-2-1-3-8-14/h1-12H,13H2,(H,28,29). The van der Waals surface area contributed by atoms with Crippen LogP contribution in [0.25, 0.3) is 0 Å². The monoisotopic (exact) mass is 461 g/mol. The molecule has 0 aliphatic rings. The normalized spacial score (nSPS) is 11.0. The first-order chi connectivity index (χ1) is 15.2. The summed E-state index contributed by atoms with van der Waals surface area (Å²) >= 11 is 5.79. The topological polar surface area (TPSA) is 72.5 Å². The number of carbonyl (C=O) groups excluding carboxylic acids is 3. The van der Waals surface area contributed by atoms with Crippen molar-refractivity contribution in [2.75, 3.05) is 11.9 Å². The van der Waals surface area contributed by atoms with Crippen LogP contribution in [0.1, 0.15) is 31.8 Å². The second-order valence-corrected chi connectivity index (χ2v) is 6.93. The second kappa shape index (κ2) is 9.65. The van der Waals surface area contributed by atoms with E-state index < -0.39 is 41.7 Å². The lowest BCUT2D eigenvalue weighted by Gasteiger charge is -2.15. The largest absolute Gasteiger partial charge is 0.452 e. The van der Waals surface area contributed by atoms with Crippen LogP contribution in [0.3, 0.4) is 0 Å². The van der Waals surface area contributed by atoms with Crippen LogP contribution in [0.4, 0.5) is 18.9 Å². The van der Waals surface area contributed by atoms with Gasteiger partial charge in [-0.25, -0.2) is 4.79 Å². The number of halogens is 4. The van der Waals surface area contributed by atoms with Crippen molar-refractivity contribution in [1.82, 2.24) is 0 Å². The lowest BCUT2D eigenvalue weighted by molar-refractivity contribution is -0.137. The molecule has 0 fully saturated rings. The van der Waals surface area contributed by atoms with E-state index in [2.05, 4.69) is 0 Å². The Labute approximate surface area is 185 Å². The van der Waals surface area contributed by atoms with E-state index in [0.717, 1.165) is 12.1 Å². The first-order valence-corrected chi connectivity index (χ1v) is 9.57. The number of ether oxygens (including phenoxy) is 1. The number of rotatable bonds is 6. The number of para-hydroxylation sites is 1. The average Bonchev–Trinajstić information content (AvgIpc) is 2.78. The number of hydrogen-bond acceptors (Lipinski definition) is 4. The highest BCUT2D eigenvalue weighted by Crippen LogP contribution is 2.38. The number of hydrogen-bond donors (Lipinski definition) is 1. The van der Waals surface area contributed by atoms with Crippen LogP contribution in [-0.2, 0) is 15.7 Å². The molecule has 0 atom stereocenters. The summed E-state index contributed by atoms with van der Waals surface area (Å²) in [7, 11) is 0. The summed E-state index contributed by atoms with van der Waals surface area (Å²) in [6.45, 7) is -0.880. The molecule has 0 aliphatic carbocycles. The lowest BCUT2D eigenvalue weighted by atomic mass is 9.98. The van der Waals surface area contributed by atoms with Gasteiger partial charge < -0.3 is 10.1 Å². The number of alkyl halides is 3. The average molecular weight is 462 g/mol. The number of carbonyl (C=O) groups is 3. The molecular formula is C23H15ClF3NO4. The SMILES string of the molecule is O=C(COC(=O)c1ccccc1C(=O)c1ccccc1)Nc1c(Cl)cccc1C(F)(F)F. The van der Waals surface area contributed by atoms with Crippen LogP contribution in [0.15, 0.2) is 72.8 Å². The maximum absolute atomic E-state index is 13.1. The van der Waals surface area contributed by atoms with E-state index in [1.807, 2.05) is 5.32 Å². The summed E-state index contributed by atoms with van der Waals surface area (Å²) in [5, 5.41) is 1.70. The predicted molar refractivity (Wildman–Crippen MR) is 112 cm³/mol. The molecule has 1 amide bonds. The molecule has 0 radical (unpaired) electrons. The maximum atomic E-state index is 13.1. The number of benzene rings is 3. The molecule has 3 rings (SSSR count). The maximum Gasteiger partial charge on any atom is 0.418 e. The molecule has 0 saturated heterocycles. The van der Waals surface area contributed by atoms with Crippen LogP contribution in [0.2, 0.25) is 5.02 Å². The molecule has 9 heteroatoms. The minimum Gasteiger partial charge on any atom is -0.452 e. The molecule has 32 heavy (non-hydrogen) atoms. The van der Waals surface area contributed by atoms with Crippen LogP contribution in [0.5, 0.6) is 0 Å². The molecule has 3 aromatic rings. The van der Waals surface area contributed by atoms with Gasteiger partial charge >= 0.3 is 12.1 Å². The zero-order valence-electron chi connectivity index (χ0n) is 16.3. The van der Waals surface area contributed by atoms with Crippen molar-refractivity contribution in [3.63, 3.8) is 0 Å². The van der Waals surface area contributed by atoms with E-state index in [4.69, 9.17) is 16.3 Å². The molecule has 0 spiro atoms. The quantitative estimate of drug-likeness (QED) is 0.395. The van der Waals surface area contributed by atoms with Gasteiger partial charge in [0, 0.05) is 11.1 Å². The van der Waals surface area contributed by atoms with Crippen molar-refractivity contribution < 1.29 is 32.3 Å². The minimum absolute atomic E-state index is 0.0644. The van der Waals surface area contributed by atoms with Crippen molar-refractivity contribution in [1.29, 1.82) is 0 Å². The summed E-state index contributed by atoms with van der Waals surface area (Å²) in [5.74, 6) is -2.42. The fourth-order valence-corrected chi connectivity index (χ4v) is 3.10. The predicted octanol–water partition coefficient (Wildman–Crippen LogP) is 5.39. The third-order valence-electron chi connectivity index (χ3n) is 4.35. The fourth-order valence-electron chi connectivity index (χ4n) is 2.88. The molecule has 0 heterocycles. The number of nitrogens with one attached hydrogen (secondary N) is 1. The third kappa shape index (κ3) is 5.33. The summed E-state index contributed by atoms with van der Waals surface area (Å²) in [6, 6.07) is 17.2. The summed E-state index contributed by atoms with van der Waals surface area (Å²) < 4.78 is 44.4. The number of amides is 1. The van der Waals surface area contributed by atoms with Gasteiger partial charge in [0.05, 0.1) is 21.8 Å². The molecule has 164 valence electrons. The fraction of sp³-hybridized carbons (Fsp3) is 0.0870. The van der Waals surface area contributed by atoms with Crippen LogP contribution in [-0.4, -0.2) is 24.3 Å². The zero-order chi connectivity index (χ0) is 23.3. The number of anilines is 1. The number of ketones is 1. The lowest BCUT2D eigenvalue weighted by Crippen LogP contribution is -2.23. The van der Waals surface area contributed by atoms with Crippen molar-refractivity contribution in [2.45, 2.75) is 6.18 Å². The van der Waals surface area contributed by atoms with Gasteiger partial charge in [0.2, 0.25) is 0 Å². The van der Waals surface area contributed by atoms with Gasteiger partial charge in [-0.2, -0.15) is 13.2 Å². The van der Waals surface area contributed by atoms with Crippen LogP contribution < -0.4 is 5.32 Å². The van der Waals surface area contributed by atoms with Crippen LogP contribution in [0, 0.1) is 0 Å². The molecule has 0 unspecified atom stereocenters. The molecule has 0 saturated carbocycles. The van der Waals surface area contributed by atoms with Crippen molar-refractivity contribution >= 4 is 34.9 Å². The summed E-state index contributed by atoms with van der Waals surface area (Å²) in [5.41, 5.74) is -1.44. The molecule has 0 aromatic heterocycles. The first-order valence-electron chi connectivity index (χ1n) is 9.20. The molecular weight excluding hydrogens is 447 g/mol. The Morgan fingerprint density at radius 2 is 1.47 bits per heavy atom. The minimum atomic E-state index is -4.75. The first kappa shape index (κ1) is 23.0. The Kier molecular flexibility index (Phi) is 6.95. The Bertz CT molecular complexity index is 1160. The Morgan fingerprint density at radius 3 is 2.12 bits per heavy atom. The van der Waals surface area contributed by atoms with E-state index in [0.29, 0.717) is 5.56 Å². The van der Waals surface area contributed by atoms with Crippen molar-refractivity contribution in [3.05, 3.63) is 100 Å². The smallest absolute Gasteiger partial charge is 0.418 e. The molecule has 5 nitrogen and oxygen atoms in total. The van der Waals surface area contributed by atoms with Gasteiger partial charge in [0.15, 0.2) is 12.4 Å². The molecule has 3 aromatic carbocycles.